The van der Waals surface area contributed by atoms with Crippen LogP contribution >= 0.6 is 0 Å². The minimum atomic E-state index is -4.22. The number of nitrogens with one attached hydrogen (secondary N) is 1. The predicted octanol–water partition coefficient (Wildman–Crippen LogP) is 5.10. The van der Waals surface area contributed by atoms with Crippen LogP contribution in [0.4, 0.5) is 5.69 Å². The van der Waals surface area contributed by atoms with E-state index >= 15 is 0 Å². The summed E-state index contributed by atoms with van der Waals surface area (Å²) in [5, 5.41) is 2.94. The lowest BCUT2D eigenvalue weighted by atomic mass is 10.1. The molecule has 232 valence electrons. The van der Waals surface area contributed by atoms with E-state index in [0.29, 0.717) is 24.5 Å². The first kappa shape index (κ1) is 33.5. The summed E-state index contributed by atoms with van der Waals surface area (Å²) in [5.41, 5.74) is 2.70. The number of sulfonamides is 1. The van der Waals surface area contributed by atoms with Crippen molar-refractivity contribution in [2.24, 2.45) is 5.92 Å². The van der Waals surface area contributed by atoms with Crippen LogP contribution in [0.5, 0.6) is 11.5 Å². The number of rotatable bonds is 14. The zero-order valence-electron chi connectivity index (χ0n) is 26.1. The zero-order valence-corrected chi connectivity index (χ0v) is 26.9. The molecule has 43 heavy (non-hydrogen) atoms. The van der Waals surface area contributed by atoms with Gasteiger partial charge >= 0.3 is 0 Å². The first-order valence-electron chi connectivity index (χ1n) is 14.3. The summed E-state index contributed by atoms with van der Waals surface area (Å²) >= 11 is 0. The number of carbonyl (C=O) groups excluding carboxylic acids is 2. The van der Waals surface area contributed by atoms with Gasteiger partial charge in [0.2, 0.25) is 11.8 Å². The fourth-order valence-corrected chi connectivity index (χ4v) is 6.03. The van der Waals surface area contributed by atoms with E-state index in [4.69, 9.17) is 9.47 Å². The average Bonchev–Trinajstić information content (AvgIpc) is 2.99. The molecule has 0 aliphatic rings. The Labute approximate surface area is 255 Å². The van der Waals surface area contributed by atoms with Crippen LogP contribution in [-0.4, -0.2) is 58.5 Å². The largest absolute Gasteiger partial charge is 0.497 e. The average molecular weight is 610 g/mol. The Bertz CT molecular complexity index is 1490. The highest BCUT2D eigenvalue weighted by molar-refractivity contribution is 7.92. The molecule has 0 heterocycles. The molecule has 0 saturated carbocycles. The van der Waals surface area contributed by atoms with Crippen molar-refractivity contribution in [2.45, 2.75) is 58.5 Å². The van der Waals surface area contributed by atoms with E-state index < -0.39 is 28.5 Å². The van der Waals surface area contributed by atoms with Gasteiger partial charge in [0.05, 0.1) is 24.8 Å². The van der Waals surface area contributed by atoms with Gasteiger partial charge in [0.15, 0.2) is 0 Å². The van der Waals surface area contributed by atoms with Crippen molar-refractivity contribution >= 4 is 27.5 Å². The summed E-state index contributed by atoms with van der Waals surface area (Å²) in [7, 11) is -1.19. The lowest BCUT2D eigenvalue weighted by Crippen LogP contribution is -2.52. The van der Waals surface area contributed by atoms with Crippen molar-refractivity contribution in [2.75, 3.05) is 31.6 Å². The van der Waals surface area contributed by atoms with E-state index in [2.05, 4.69) is 5.32 Å². The quantitative estimate of drug-likeness (QED) is 0.273. The van der Waals surface area contributed by atoms with Crippen molar-refractivity contribution in [1.29, 1.82) is 0 Å². The Balaban J connectivity index is 2.11. The Morgan fingerprint density at radius 2 is 1.51 bits per heavy atom. The van der Waals surface area contributed by atoms with Crippen LogP contribution in [0.2, 0.25) is 0 Å². The second-order valence-electron chi connectivity index (χ2n) is 10.9. The smallest absolute Gasteiger partial charge is 0.264 e. The first-order valence-corrected chi connectivity index (χ1v) is 15.8. The van der Waals surface area contributed by atoms with Gasteiger partial charge in [-0.2, -0.15) is 0 Å². The molecule has 3 rings (SSSR count). The van der Waals surface area contributed by atoms with Gasteiger partial charge in [-0.15, -0.1) is 0 Å². The molecule has 10 heteroatoms. The molecule has 9 nitrogen and oxygen atoms in total. The molecule has 1 N–H and O–H groups in total. The van der Waals surface area contributed by atoms with Gasteiger partial charge in [-0.3, -0.25) is 13.9 Å². The molecule has 0 saturated heterocycles. The van der Waals surface area contributed by atoms with E-state index in [1.165, 1.54) is 24.1 Å². The molecule has 0 bridgehead atoms. The molecule has 0 unspecified atom stereocenters. The summed E-state index contributed by atoms with van der Waals surface area (Å²) in [6.07, 6.45) is 0.338. The third-order valence-corrected chi connectivity index (χ3v) is 8.85. The van der Waals surface area contributed by atoms with Crippen LogP contribution in [0.15, 0.2) is 71.6 Å². The van der Waals surface area contributed by atoms with E-state index in [1.54, 1.807) is 43.5 Å². The van der Waals surface area contributed by atoms with E-state index in [-0.39, 0.29) is 29.0 Å². The van der Waals surface area contributed by atoms with Crippen LogP contribution in [0, 0.1) is 19.8 Å². The molecule has 0 spiro atoms. The standard InChI is InChI=1S/C33H43N3O6S/c1-8-29(33(38)34-20-23(2)3)35(21-26-12-14-27(41-6)15-13-26)32(37)22-36(30-19-25(5)11-18-31(30)42-7)43(39,40)28-16-9-24(4)10-17-28/h9-19,23,29H,8,20-22H2,1-7H3,(H,34,38)/t29-/m1/s1. The van der Waals surface area contributed by atoms with Crippen LogP contribution in [0.25, 0.3) is 0 Å². The van der Waals surface area contributed by atoms with Crippen LogP contribution in [0.1, 0.15) is 43.9 Å². The molecule has 0 aliphatic carbocycles. The molecule has 0 aliphatic heterocycles. The third-order valence-electron chi connectivity index (χ3n) is 7.07. The lowest BCUT2D eigenvalue weighted by molar-refractivity contribution is -0.140. The fraction of sp³-hybridized carbons (Fsp3) is 0.394. The van der Waals surface area contributed by atoms with Gasteiger partial charge in [0.1, 0.15) is 24.1 Å². The second-order valence-corrected chi connectivity index (χ2v) is 12.8. The number of methoxy groups -OCH3 is 2. The maximum atomic E-state index is 14.3. The third kappa shape index (κ3) is 8.50. The number of benzene rings is 3. The number of hydrogen-bond donors (Lipinski definition) is 1. The molecule has 3 aromatic rings. The summed E-state index contributed by atoms with van der Waals surface area (Å²) in [4.78, 5) is 29.2. The van der Waals surface area contributed by atoms with Crippen molar-refractivity contribution in [3.8, 4) is 11.5 Å². The normalized spacial score (nSPS) is 12.0. The Kier molecular flexibility index (Phi) is 11.6. The van der Waals surface area contributed by atoms with E-state index in [1.807, 2.05) is 52.8 Å². The highest BCUT2D eigenvalue weighted by Gasteiger charge is 2.35. The second kappa shape index (κ2) is 14.9. The SMILES string of the molecule is CC[C@H](C(=O)NCC(C)C)N(Cc1ccc(OC)cc1)C(=O)CN(c1cc(C)ccc1OC)S(=O)(=O)c1ccc(C)cc1. The van der Waals surface area contributed by atoms with Crippen molar-refractivity contribution in [3.63, 3.8) is 0 Å². The van der Waals surface area contributed by atoms with Gasteiger partial charge in [-0.25, -0.2) is 8.42 Å². The lowest BCUT2D eigenvalue weighted by Gasteiger charge is -2.33. The number of carbonyl (C=O) groups is 2. The molecular weight excluding hydrogens is 566 g/mol. The first-order chi connectivity index (χ1) is 20.4. The topological polar surface area (TPSA) is 105 Å². The fourth-order valence-electron chi connectivity index (χ4n) is 4.62. The van der Waals surface area contributed by atoms with Crippen molar-refractivity contribution in [3.05, 3.63) is 83.4 Å². The van der Waals surface area contributed by atoms with Crippen LogP contribution in [-0.2, 0) is 26.2 Å². The van der Waals surface area contributed by atoms with Gasteiger partial charge in [0.25, 0.3) is 10.0 Å². The molecule has 0 radical (unpaired) electrons. The summed E-state index contributed by atoms with van der Waals surface area (Å²) in [6.45, 7) is 9.53. The monoisotopic (exact) mass is 609 g/mol. The molecular formula is C33H43N3O6S. The van der Waals surface area contributed by atoms with Crippen LogP contribution < -0.4 is 19.1 Å². The molecule has 0 aromatic heterocycles. The highest BCUT2D eigenvalue weighted by atomic mass is 32.2. The summed E-state index contributed by atoms with van der Waals surface area (Å²) in [6, 6.07) is 18.0. The number of anilines is 1. The summed E-state index contributed by atoms with van der Waals surface area (Å²) < 4.78 is 40.2. The predicted molar refractivity (Wildman–Crippen MR) is 169 cm³/mol. The maximum absolute atomic E-state index is 14.3. The van der Waals surface area contributed by atoms with Crippen LogP contribution in [0.3, 0.4) is 0 Å². The van der Waals surface area contributed by atoms with E-state index in [9.17, 15) is 18.0 Å². The van der Waals surface area contributed by atoms with Gasteiger partial charge in [-0.1, -0.05) is 56.7 Å². The van der Waals surface area contributed by atoms with Gasteiger partial charge in [-0.05, 0) is 73.7 Å². The van der Waals surface area contributed by atoms with Crippen molar-refractivity contribution < 1.29 is 27.5 Å². The van der Waals surface area contributed by atoms with E-state index in [0.717, 1.165) is 21.0 Å². The molecule has 3 aromatic carbocycles. The molecule has 2 amide bonds. The van der Waals surface area contributed by atoms with Gasteiger partial charge < -0.3 is 19.7 Å². The maximum Gasteiger partial charge on any atom is 0.264 e. The Hall–Kier alpha value is -4.05. The van der Waals surface area contributed by atoms with Crippen molar-refractivity contribution in [1.82, 2.24) is 10.2 Å². The molecule has 0 fully saturated rings. The number of nitrogens with zero attached hydrogens (tertiary/aromatic N) is 2. The number of amides is 2. The Morgan fingerprint density at radius 3 is 2.07 bits per heavy atom. The highest BCUT2D eigenvalue weighted by Crippen LogP contribution is 2.34. The summed E-state index contributed by atoms with van der Waals surface area (Å²) in [5.74, 6) is 0.361. The minimum Gasteiger partial charge on any atom is -0.497 e. The number of aryl methyl sites for hydroxylation is 2. The zero-order chi connectivity index (χ0) is 31.7. The minimum absolute atomic E-state index is 0.0397. The van der Waals surface area contributed by atoms with Gasteiger partial charge in [0, 0.05) is 13.1 Å². The Morgan fingerprint density at radius 1 is 0.884 bits per heavy atom. The molecule has 1 atom stereocenters. The number of hydrogen-bond acceptors (Lipinski definition) is 6. The number of ether oxygens (including phenoxy) is 2.